The molecule has 0 aromatic heterocycles. The van der Waals surface area contributed by atoms with Crippen LogP contribution in [0.25, 0.3) is 0 Å². The summed E-state index contributed by atoms with van der Waals surface area (Å²) in [6.45, 7) is 2.02. The highest BCUT2D eigenvalue weighted by molar-refractivity contribution is 5.98. The molecule has 1 atom stereocenters. The van der Waals surface area contributed by atoms with Gasteiger partial charge in [0.15, 0.2) is 0 Å². The molecule has 2 aliphatic heterocycles. The maximum absolute atomic E-state index is 12.9. The van der Waals surface area contributed by atoms with Crippen LogP contribution in [0.2, 0.25) is 0 Å². The minimum atomic E-state index is -4.39. The average molecular weight is 312 g/mol. The molecule has 1 amide bonds. The third-order valence-corrected chi connectivity index (χ3v) is 4.69. The minimum Gasteiger partial charge on any atom is -0.316 e. The number of carbonyl (C=O) groups excluding carboxylic acids is 1. The summed E-state index contributed by atoms with van der Waals surface area (Å²) in [5.74, 6) is -0.0368. The molecule has 6 heteroatoms. The van der Waals surface area contributed by atoms with E-state index in [2.05, 4.69) is 5.32 Å². The third kappa shape index (κ3) is 2.72. The van der Waals surface area contributed by atoms with Gasteiger partial charge in [0.1, 0.15) is 0 Å². The first-order valence-electron chi connectivity index (χ1n) is 7.62. The third-order valence-electron chi connectivity index (χ3n) is 4.69. The summed E-state index contributed by atoms with van der Waals surface area (Å²) in [6.07, 6.45) is -1.01. The number of piperidine rings is 2. The van der Waals surface area contributed by atoms with E-state index in [-0.39, 0.29) is 5.91 Å². The van der Waals surface area contributed by atoms with Crippen molar-refractivity contribution in [1.82, 2.24) is 5.32 Å². The maximum atomic E-state index is 12.9. The Kier molecular flexibility index (Phi) is 3.89. The van der Waals surface area contributed by atoms with Gasteiger partial charge < -0.3 is 10.2 Å². The number of halogens is 3. The molecular formula is C16H19F3N2O. The molecule has 2 aliphatic rings. The first-order chi connectivity index (χ1) is 10.4. The molecule has 0 bridgehead atoms. The molecule has 3 rings (SSSR count). The fraction of sp³-hybridized carbons (Fsp3) is 0.562. The number of amides is 1. The number of nitrogens with one attached hydrogen (secondary N) is 1. The minimum absolute atomic E-state index is 0.0368. The van der Waals surface area contributed by atoms with Gasteiger partial charge in [0.2, 0.25) is 5.91 Å². The van der Waals surface area contributed by atoms with Crippen molar-refractivity contribution < 1.29 is 18.0 Å². The van der Waals surface area contributed by atoms with Crippen molar-refractivity contribution in [2.24, 2.45) is 5.41 Å². The van der Waals surface area contributed by atoms with Gasteiger partial charge in [0.05, 0.1) is 11.0 Å². The van der Waals surface area contributed by atoms with Crippen molar-refractivity contribution >= 4 is 11.6 Å². The topological polar surface area (TPSA) is 32.3 Å². The predicted molar refractivity (Wildman–Crippen MR) is 77.6 cm³/mol. The van der Waals surface area contributed by atoms with Crippen LogP contribution in [0, 0.1) is 5.41 Å². The number of hydrogen-bond donors (Lipinski definition) is 1. The normalized spacial score (nSPS) is 26.5. The number of rotatable bonds is 1. The van der Waals surface area contributed by atoms with Gasteiger partial charge in [-0.1, -0.05) is 6.07 Å². The highest BCUT2D eigenvalue weighted by Crippen LogP contribution is 2.40. The Morgan fingerprint density at radius 3 is 2.64 bits per heavy atom. The quantitative estimate of drug-likeness (QED) is 0.863. The smallest absolute Gasteiger partial charge is 0.316 e. The van der Waals surface area contributed by atoms with Gasteiger partial charge in [-0.25, -0.2) is 0 Å². The Balaban J connectivity index is 1.89. The van der Waals surface area contributed by atoms with E-state index in [1.807, 2.05) is 0 Å². The monoisotopic (exact) mass is 312 g/mol. The molecule has 1 N–H and O–H groups in total. The second-order valence-electron chi connectivity index (χ2n) is 6.17. The summed E-state index contributed by atoms with van der Waals surface area (Å²) in [5.41, 5.74) is -0.797. The van der Waals surface area contributed by atoms with Crippen LogP contribution >= 0.6 is 0 Å². The molecule has 22 heavy (non-hydrogen) atoms. The molecule has 0 saturated carbocycles. The van der Waals surface area contributed by atoms with Crippen LogP contribution in [0.5, 0.6) is 0 Å². The van der Waals surface area contributed by atoms with Crippen LogP contribution < -0.4 is 10.2 Å². The van der Waals surface area contributed by atoms with Gasteiger partial charge >= 0.3 is 6.18 Å². The largest absolute Gasteiger partial charge is 0.416 e. The maximum Gasteiger partial charge on any atom is 0.416 e. The number of carbonyl (C=O) groups is 1. The highest BCUT2D eigenvalue weighted by Gasteiger charge is 2.45. The van der Waals surface area contributed by atoms with Gasteiger partial charge in [-0.2, -0.15) is 13.2 Å². The summed E-state index contributed by atoms with van der Waals surface area (Å²) in [5, 5.41) is 3.26. The van der Waals surface area contributed by atoms with Crippen LogP contribution in [0.1, 0.15) is 31.2 Å². The zero-order chi connectivity index (χ0) is 15.8. The van der Waals surface area contributed by atoms with Crippen molar-refractivity contribution in [3.8, 4) is 0 Å². The Labute approximate surface area is 127 Å². The molecule has 120 valence electrons. The molecule has 0 aliphatic carbocycles. The van der Waals surface area contributed by atoms with Gasteiger partial charge in [0, 0.05) is 18.8 Å². The lowest BCUT2D eigenvalue weighted by molar-refractivity contribution is -0.137. The number of anilines is 1. The van der Waals surface area contributed by atoms with Crippen LogP contribution in [0.15, 0.2) is 24.3 Å². The Hall–Kier alpha value is -1.56. The molecule has 2 heterocycles. The molecule has 2 saturated heterocycles. The Bertz CT molecular complexity index is 559. The van der Waals surface area contributed by atoms with E-state index in [9.17, 15) is 18.0 Å². The molecule has 3 nitrogen and oxygen atoms in total. The van der Waals surface area contributed by atoms with Gasteiger partial charge in [-0.05, 0) is 50.4 Å². The van der Waals surface area contributed by atoms with Crippen molar-refractivity contribution in [3.05, 3.63) is 29.8 Å². The van der Waals surface area contributed by atoms with Crippen LogP contribution in [-0.4, -0.2) is 25.5 Å². The number of benzene rings is 1. The average Bonchev–Trinajstić information content (AvgIpc) is 2.50. The van der Waals surface area contributed by atoms with Crippen LogP contribution in [0.3, 0.4) is 0 Å². The summed E-state index contributed by atoms with van der Waals surface area (Å²) < 4.78 is 38.6. The number of alkyl halides is 3. The van der Waals surface area contributed by atoms with Gasteiger partial charge in [0.25, 0.3) is 0 Å². The Morgan fingerprint density at radius 2 is 1.95 bits per heavy atom. The van der Waals surface area contributed by atoms with E-state index in [1.165, 1.54) is 11.0 Å². The van der Waals surface area contributed by atoms with E-state index in [1.54, 1.807) is 6.07 Å². The molecule has 1 spiro atoms. The Morgan fingerprint density at radius 1 is 1.18 bits per heavy atom. The van der Waals surface area contributed by atoms with E-state index >= 15 is 0 Å². The van der Waals surface area contributed by atoms with Crippen LogP contribution in [0.4, 0.5) is 18.9 Å². The zero-order valence-corrected chi connectivity index (χ0v) is 12.2. The van der Waals surface area contributed by atoms with E-state index < -0.39 is 17.2 Å². The van der Waals surface area contributed by atoms with E-state index in [4.69, 9.17) is 0 Å². The standard InChI is InChI=1S/C16H19F3N2O/c17-16(18,19)12-4-1-5-13(10-12)21-9-3-7-15(14(21)22)6-2-8-20-11-15/h1,4-5,10,20H,2-3,6-9,11H2. The summed E-state index contributed by atoms with van der Waals surface area (Å²) in [6, 6.07) is 5.07. The molecule has 1 aromatic carbocycles. The lowest BCUT2D eigenvalue weighted by atomic mass is 9.73. The fourth-order valence-electron chi connectivity index (χ4n) is 3.53. The van der Waals surface area contributed by atoms with Crippen molar-refractivity contribution in [2.45, 2.75) is 31.9 Å². The SMILES string of the molecule is O=C1N(c2cccc(C(F)(F)F)c2)CCCC12CCCNC2. The number of nitrogens with zero attached hydrogens (tertiary/aromatic N) is 1. The molecule has 0 radical (unpaired) electrons. The molecule has 1 aromatic rings. The summed E-state index contributed by atoms with van der Waals surface area (Å²) in [4.78, 5) is 14.4. The highest BCUT2D eigenvalue weighted by atomic mass is 19.4. The second kappa shape index (κ2) is 5.57. The van der Waals surface area contributed by atoms with Gasteiger partial charge in [-0.15, -0.1) is 0 Å². The van der Waals surface area contributed by atoms with Crippen molar-refractivity contribution in [3.63, 3.8) is 0 Å². The lowest BCUT2D eigenvalue weighted by Gasteiger charge is -2.44. The summed E-state index contributed by atoms with van der Waals surface area (Å²) in [7, 11) is 0. The van der Waals surface area contributed by atoms with E-state index in [0.29, 0.717) is 18.8 Å². The zero-order valence-electron chi connectivity index (χ0n) is 12.2. The first-order valence-corrected chi connectivity index (χ1v) is 7.62. The first kappa shape index (κ1) is 15.3. The van der Waals surface area contributed by atoms with Gasteiger partial charge in [-0.3, -0.25) is 4.79 Å². The fourth-order valence-corrected chi connectivity index (χ4v) is 3.53. The van der Waals surface area contributed by atoms with Crippen molar-refractivity contribution in [1.29, 1.82) is 0 Å². The number of hydrogen-bond acceptors (Lipinski definition) is 2. The van der Waals surface area contributed by atoms with Crippen molar-refractivity contribution in [2.75, 3.05) is 24.5 Å². The molecular weight excluding hydrogens is 293 g/mol. The second-order valence-corrected chi connectivity index (χ2v) is 6.17. The van der Waals surface area contributed by atoms with E-state index in [0.717, 1.165) is 44.4 Å². The summed E-state index contributed by atoms with van der Waals surface area (Å²) >= 11 is 0. The predicted octanol–water partition coefficient (Wildman–Crippen LogP) is 3.20. The lowest BCUT2D eigenvalue weighted by Crippen LogP contribution is -2.55. The van der Waals surface area contributed by atoms with Crippen LogP contribution in [-0.2, 0) is 11.0 Å². The molecule has 2 fully saturated rings. The molecule has 1 unspecified atom stereocenters.